The van der Waals surface area contributed by atoms with Gasteiger partial charge in [-0.05, 0) is 31.9 Å². The van der Waals surface area contributed by atoms with E-state index in [1.165, 1.54) is 6.07 Å². The Morgan fingerprint density at radius 1 is 1.15 bits per heavy atom. The first-order valence-corrected chi connectivity index (χ1v) is 12.8. The van der Waals surface area contributed by atoms with Gasteiger partial charge in [-0.1, -0.05) is 18.9 Å². The van der Waals surface area contributed by atoms with Gasteiger partial charge < -0.3 is 24.6 Å². The Balaban J connectivity index is 1.36. The molecule has 3 fully saturated rings. The van der Waals surface area contributed by atoms with Gasteiger partial charge >= 0.3 is 0 Å². The lowest BCUT2D eigenvalue weighted by atomic mass is 9.86. The molecule has 3 aliphatic heterocycles. The first-order valence-electron chi connectivity index (χ1n) is 12.8. The van der Waals surface area contributed by atoms with E-state index in [0.717, 1.165) is 65.0 Å². The number of nitrogens with zero attached hydrogens (tertiary/aromatic N) is 3. The minimum absolute atomic E-state index is 0.0262. The van der Waals surface area contributed by atoms with Crippen molar-refractivity contribution in [2.24, 2.45) is 17.8 Å². The van der Waals surface area contributed by atoms with Crippen molar-refractivity contribution in [3.63, 3.8) is 0 Å². The van der Waals surface area contributed by atoms with Gasteiger partial charge in [-0.2, -0.15) is 0 Å². The number of aliphatic hydroxyl groups excluding tert-OH is 1. The van der Waals surface area contributed by atoms with E-state index < -0.39 is 17.9 Å². The van der Waals surface area contributed by atoms with E-state index in [4.69, 9.17) is 4.74 Å². The number of amides is 2. The van der Waals surface area contributed by atoms with Crippen LogP contribution in [0.2, 0.25) is 0 Å². The molecular formula is C25H36N4O5. The number of rotatable bonds is 7. The molecule has 9 heteroatoms. The Bertz CT molecular complexity index is 953. The fourth-order valence-corrected chi connectivity index (χ4v) is 6.50. The zero-order valence-corrected chi connectivity index (χ0v) is 19.7. The molecule has 0 spiro atoms. The van der Waals surface area contributed by atoms with E-state index in [9.17, 15) is 19.5 Å². The smallest absolute Gasteiger partial charge is 0.250 e. The van der Waals surface area contributed by atoms with Crippen molar-refractivity contribution < 1.29 is 19.4 Å². The quantitative estimate of drug-likeness (QED) is 0.556. The van der Waals surface area contributed by atoms with Gasteiger partial charge in [0.25, 0.3) is 5.56 Å². The van der Waals surface area contributed by atoms with Crippen molar-refractivity contribution in [3.8, 4) is 0 Å². The first-order chi connectivity index (χ1) is 16.6. The number of aromatic nitrogens is 1. The average Bonchev–Trinajstić information content (AvgIpc) is 3.47. The predicted molar refractivity (Wildman–Crippen MR) is 125 cm³/mol. The van der Waals surface area contributed by atoms with Crippen LogP contribution in [0, 0.1) is 17.8 Å². The number of aliphatic hydroxyl groups is 1. The summed E-state index contributed by atoms with van der Waals surface area (Å²) in [4.78, 5) is 44.0. The van der Waals surface area contributed by atoms with E-state index in [-0.39, 0.29) is 35.9 Å². The van der Waals surface area contributed by atoms with Gasteiger partial charge in [-0.25, -0.2) is 0 Å². The van der Waals surface area contributed by atoms with Crippen LogP contribution in [0.3, 0.4) is 0 Å². The zero-order valence-electron chi connectivity index (χ0n) is 19.7. The second-order valence-corrected chi connectivity index (χ2v) is 10.1. The van der Waals surface area contributed by atoms with Crippen molar-refractivity contribution in [2.75, 3.05) is 46.0 Å². The number of hydrogen-bond acceptors (Lipinski definition) is 6. The van der Waals surface area contributed by atoms with Crippen LogP contribution >= 0.6 is 0 Å². The van der Waals surface area contributed by atoms with Crippen LogP contribution in [0.1, 0.15) is 43.8 Å². The summed E-state index contributed by atoms with van der Waals surface area (Å²) in [6.07, 6.45) is 4.67. The lowest BCUT2D eigenvalue weighted by Crippen LogP contribution is -2.50. The maximum Gasteiger partial charge on any atom is 0.250 e. The molecular weight excluding hydrogens is 436 g/mol. The molecule has 1 aromatic rings. The highest BCUT2D eigenvalue weighted by Gasteiger charge is 2.57. The third kappa shape index (κ3) is 4.29. The number of pyridine rings is 1. The highest BCUT2D eigenvalue weighted by molar-refractivity contribution is 5.85. The minimum atomic E-state index is -0.570. The summed E-state index contributed by atoms with van der Waals surface area (Å²) in [5.74, 6) is -1.05. The molecule has 186 valence electrons. The van der Waals surface area contributed by atoms with Crippen LogP contribution in [0.25, 0.3) is 0 Å². The standard InChI is InChI=1S/C25H36N4O5/c30-16-18-20-15-28-19(7-3-8-21(28)31)23(29(20)25(33)17-5-1-2-6-17)22(18)24(32)26-9-4-10-27-11-13-34-14-12-27/h3,7-8,17-18,20,22-23,30H,1-2,4-6,9-16H2,(H,26,32)/t18-,20-,22+,23+/m1/s1. The van der Waals surface area contributed by atoms with Crippen molar-refractivity contribution in [2.45, 2.75) is 50.7 Å². The summed E-state index contributed by atoms with van der Waals surface area (Å²) in [5, 5.41) is 13.4. The van der Waals surface area contributed by atoms with E-state index in [1.54, 1.807) is 10.6 Å². The summed E-state index contributed by atoms with van der Waals surface area (Å²) in [6, 6.07) is 4.22. The number of morpholine rings is 1. The van der Waals surface area contributed by atoms with Crippen molar-refractivity contribution in [3.05, 3.63) is 34.2 Å². The van der Waals surface area contributed by atoms with Crippen LogP contribution in [0.5, 0.6) is 0 Å². The summed E-state index contributed by atoms with van der Waals surface area (Å²) in [7, 11) is 0. The Morgan fingerprint density at radius 3 is 2.65 bits per heavy atom. The van der Waals surface area contributed by atoms with Crippen molar-refractivity contribution in [1.82, 2.24) is 19.7 Å². The molecule has 1 saturated carbocycles. The van der Waals surface area contributed by atoms with E-state index in [0.29, 0.717) is 18.8 Å². The Kier molecular flexibility index (Phi) is 7.04. The topological polar surface area (TPSA) is 104 Å². The molecule has 0 aromatic carbocycles. The lowest BCUT2D eigenvalue weighted by molar-refractivity contribution is -0.141. The van der Waals surface area contributed by atoms with Crippen LogP contribution in [0.15, 0.2) is 23.0 Å². The van der Waals surface area contributed by atoms with Crippen molar-refractivity contribution >= 4 is 11.8 Å². The second-order valence-electron chi connectivity index (χ2n) is 10.1. The van der Waals surface area contributed by atoms with E-state index in [2.05, 4.69) is 10.2 Å². The first kappa shape index (κ1) is 23.5. The lowest BCUT2D eigenvalue weighted by Gasteiger charge is -2.39. The van der Waals surface area contributed by atoms with Gasteiger partial charge in [0.1, 0.15) is 0 Å². The van der Waals surface area contributed by atoms with Gasteiger partial charge in [-0.3, -0.25) is 19.3 Å². The highest BCUT2D eigenvalue weighted by Crippen LogP contribution is 2.49. The maximum absolute atomic E-state index is 13.6. The van der Waals surface area contributed by atoms with Gasteiger partial charge in [0, 0.05) is 56.4 Å². The van der Waals surface area contributed by atoms with Gasteiger partial charge in [-0.15, -0.1) is 0 Å². The zero-order chi connectivity index (χ0) is 23.7. The molecule has 5 rings (SSSR count). The van der Waals surface area contributed by atoms with Gasteiger partial charge in [0.15, 0.2) is 0 Å². The summed E-state index contributed by atoms with van der Waals surface area (Å²) < 4.78 is 7.08. The van der Waals surface area contributed by atoms with Crippen LogP contribution in [0.4, 0.5) is 0 Å². The Hall–Kier alpha value is -2.23. The molecule has 1 aromatic heterocycles. The maximum atomic E-state index is 13.6. The molecule has 0 radical (unpaired) electrons. The molecule has 1 aliphatic carbocycles. The highest BCUT2D eigenvalue weighted by atomic mass is 16.5. The second kappa shape index (κ2) is 10.2. The third-order valence-corrected chi connectivity index (χ3v) is 8.24. The number of ether oxygens (including phenoxy) is 1. The molecule has 4 heterocycles. The largest absolute Gasteiger partial charge is 0.396 e. The van der Waals surface area contributed by atoms with Gasteiger partial charge in [0.2, 0.25) is 11.8 Å². The number of nitrogens with one attached hydrogen (secondary N) is 1. The number of fused-ring (bicyclic) bond motifs is 4. The number of carbonyl (C=O) groups is 2. The summed E-state index contributed by atoms with van der Waals surface area (Å²) >= 11 is 0. The van der Waals surface area contributed by atoms with Crippen LogP contribution in [-0.2, 0) is 20.9 Å². The van der Waals surface area contributed by atoms with Gasteiger partial charge in [0.05, 0.1) is 31.2 Å². The molecule has 4 aliphatic rings. The van der Waals surface area contributed by atoms with Crippen LogP contribution < -0.4 is 10.9 Å². The summed E-state index contributed by atoms with van der Waals surface area (Å²) in [6.45, 7) is 4.90. The fraction of sp³-hybridized carbons (Fsp3) is 0.720. The van der Waals surface area contributed by atoms with E-state index >= 15 is 0 Å². The number of carbonyl (C=O) groups excluding carboxylic acids is 2. The monoisotopic (exact) mass is 472 g/mol. The Morgan fingerprint density at radius 2 is 1.91 bits per heavy atom. The normalized spacial score (nSPS) is 29.3. The predicted octanol–water partition coefficient (Wildman–Crippen LogP) is 0.367. The molecule has 9 nitrogen and oxygen atoms in total. The van der Waals surface area contributed by atoms with E-state index in [1.807, 2.05) is 11.0 Å². The third-order valence-electron chi connectivity index (χ3n) is 8.24. The van der Waals surface area contributed by atoms with Crippen LogP contribution in [-0.4, -0.2) is 83.3 Å². The molecule has 0 unspecified atom stereocenters. The molecule has 4 atom stereocenters. The SMILES string of the molecule is O=C(NCCCN1CCOCC1)[C@H]1[C@H](CO)[C@H]2Cn3c(cccc3=O)[C@@H]1N2C(=O)C1CCCC1. The molecule has 2 bridgehead atoms. The molecule has 2 N–H and O–H groups in total. The Labute approximate surface area is 200 Å². The molecule has 34 heavy (non-hydrogen) atoms. The number of hydrogen-bond donors (Lipinski definition) is 2. The fourth-order valence-electron chi connectivity index (χ4n) is 6.50. The minimum Gasteiger partial charge on any atom is -0.396 e. The van der Waals surface area contributed by atoms with Crippen molar-refractivity contribution in [1.29, 1.82) is 0 Å². The molecule has 2 saturated heterocycles. The summed E-state index contributed by atoms with van der Waals surface area (Å²) in [5.41, 5.74) is 0.586. The average molecular weight is 473 g/mol. The molecule has 2 amide bonds.